The Balaban J connectivity index is 1.36. The minimum absolute atomic E-state index is 0.226. The molecule has 1 atom stereocenters. The van der Waals surface area contributed by atoms with Crippen molar-refractivity contribution >= 4 is 5.69 Å². The monoisotopic (exact) mass is 456 g/mol. The third-order valence-electron chi connectivity index (χ3n) is 6.75. The number of hydrogen-bond acceptors (Lipinski definition) is 5. The van der Waals surface area contributed by atoms with Crippen LogP contribution >= 0.6 is 0 Å². The summed E-state index contributed by atoms with van der Waals surface area (Å²) in [6.45, 7) is 5.20. The second-order valence-electron chi connectivity index (χ2n) is 9.12. The first-order valence-electron chi connectivity index (χ1n) is 12.2. The van der Waals surface area contributed by atoms with E-state index in [1.807, 2.05) is 60.7 Å². The zero-order valence-electron chi connectivity index (χ0n) is 19.6. The molecule has 3 aromatic rings. The van der Waals surface area contributed by atoms with Crippen molar-refractivity contribution in [3.05, 3.63) is 94.9 Å². The van der Waals surface area contributed by atoms with E-state index >= 15 is 0 Å². The standard InChI is InChI=1S/C28H32N4O2/c33-28-27(34-22-24-12-6-2-7-13-24)26(20-29-32(28)25-14-8-3-9-15-25)31-18-16-30(17-19-31)21-23-10-4-1-5-11-23/h1-4,6-9,12-15,20,23H,5,10-11,16-19,21-22H2. The molecule has 1 saturated heterocycles. The van der Waals surface area contributed by atoms with E-state index in [4.69, 9.17) is 4.74 Å². The maximum atomic E-state index is 13.5. The molecule has 0 bridgehead atoms. The van der Waals surface area contributed by atoms with Crippen molar-refractivity contribution in [2.24, 2.45) is 5.92 Å². The first-order chi connectivity index (χ1) is 16.8. The molecule has 1 fully saturated rings. The summed E-state index contributed by atoms with van der Waals surface area (Å²) in [5.74, 6) is 1.13. The summed E-state index contributed by atoms with van der Waals surface area (Å²) >= 11 is 0. The topological polar surface area (TPSA) is 50.6 Å². The van der Waals surface area contributed by atoms with Crippen LogP contribution in [-0.4, -0.2) is 47.4 Å². The quantitative estimate of drug-likeness (QED) is 0.497. The lowest BCUT2D eigenvalue weighted by molar-refractivity contribution is 0.210. The average Bonchev–Trinajstić information content (AvgIpc) is 2.90. The van der Waals surface area contributed by atoms with Crippen LogP contribution in [-0.2, 0) is 6.61 Å². The van der Waals surface area contributed by atoms with Gasteiger partial charge in [0, 0.05) is 32.7 Å². The molecule has 2 heterocycles. The third kappa shape index (κ3) is 5.23. The molecule has 1 aliphatic carbocycles. The highest BCUT2D eigenvalue weighted by Gasteiger charge is 2.25. The van der Waals surface area contributed by atoms with Gasteiger partial charge in [-0.2, -0.15) is 9.78 Å². The Morgan fingerprint density at radius 2 is 1.65 bits per heavy atom. The van der Waals surface area contributed by atoms with Crippen molar-refractivity contribution in [3.63, 3.8) is 0 Å². The van der Waals surface area contributed by atoms with Gasteiger partial charge in [0.15, 0.2) is 0 Å². The van der Waals surface area contributed by atoms with Crippen LogP contribution in [0.15, 0.2) is 83.8 Å². The molecule has 1 unspecified atom stereocenters. The van der Waals surface area contributed by atoms with Crippen LogP contribution in [0, 0.1) is 5.92 Å². The fourth-order valence-corrected chi connectivity index (χ4v) is 4.83. The molecule has 0 spiro atoms. The van der Waals surface area contributed by atoms with Crippen LogP contribution < -0.4 is 15.2 Å². The molecule has 0 saturated carbocycles. The molecule has 2 aliphatic rings. The van der Waals surface area contributed by atoms with Crippen LogP contribution in [0.3, 0.4) is 0 Å². The first-order valence-corrected chi connectivity index (χ1v) is 12.2. The number of hydrogen-bond donors (Lipinski definition) is 0. The van der Waals surface area contributed by atoms with E-state index in [1.165, 1.54) is 23.9 Å². The molecular weight excluding hydrogens is 424 g/mol. The van der Waals surface area contributed by atoms with Gasteiger partial charge in [0.2, 0.25) is 5.75 Å². The Morgan fingerprint density at radius 3 is 2.35 bits per heavy atom. The number of para-hydroxylation sites is 1. The van der Waals surface area contributed by atoms with Gasteiger partial charge < -0.3 is 9.64 Å². The highest BCUT2D eigenvalue weighted by Crippen LogP contribution is 2.27. The Kier molecular flexibility index (Phi) is 7.05. The molecule has 2 aromatic carbocycles. The largest absolute Gasteiger partial charge is 0.481 e. The number of aromatic nitrogens is 2. The number of anilines is 1. The van der Waals surface area contributed by atoms with Crippen LogP contribution in [0.1, 0.15) is 24.8 Å². The predicted molar refractivity (Wildman–Crippen MR) is 136 cm³/mol. The molecule has 1 aromatic heterocycles. The second-order valence-corrected chi connectivity index (χ2v) is 9.12. The van der Waals surface area contributed by atoms with E-state index in [2.05, 4.69) is 27.1 Å². The smallest absolute Gasteiger partial charge is 0.316 e. The van der Waals surface area contributed by atoms with Crippen molar-refractivity contribution in [2.75, 3.05) is 37.6 Å². The maximum absolute atomic E-state index is 13.5. The number of rotatable bonds is 7. The van der Waals surface area contributed by atoms with E-state index in [0.29, 0.717) is 12.4 Å². The van der Waals surface area contributed by atoms with Gasteiger partial charge >= 0.3 is 5.56 Å². The van der Waals surface area contributed by atoms with Crippen molar-refractivity contribution in [2.45, 2.75) is 25.9 Å². The molecule has 6 heteroatoms. The van der Waals surface area contributed by atoms with Gasteiger partial charge in [-0.15, -0.1) is 0 Å². The third-order valence-corrected chi connectivity index (χ3v) is 6.75. The van der Waals surface area contributed by atoms with E-state index < -0.39 is 0 Å². The number of piperazine rings is 1. The summed E-state index contributed by atoms with van der Waals surface area (Å²) in [6.07, 6.45) is 10.1. The van der Waals surface area contributed by atoms with Gasteiger partial charge in [0.25, 0.3) is 0 Å². The molecule has 0 amide bonds. The summed E-state index contributed by atoms with van der Waals surface area (Å²) in [5.41, 5.74) is 2.32. The second kappa shape index (κ2) is 10.7. The molecule has 0 radical (unpaired) electrons. The van der Waals surface area contributed by atoms with Crippen LogP contribution in [0.25, 0.3) is 5.69 Å². The Morgan fingerprint density at radius 1 is 0.912 bits per heavy atom. The lowest BCUT2D eigenvalue weighted by Gasteiger charge is -2.38. The fourth-order valence-electron chi connectivity index (χ4n) is 4.83. The molecule has 176 valence electrons. The first kappa shape index (κ1) is 22.4. The number of benzene rings is 2. The molecule has 6 nitrogen and oxygen atoms in total. The summed E-state index contributed by atoms with van der Waals surface area (Å²) in [5, 5.41) is 4.51. The predicted octanol–water partition coefficient (Wildman–Crippen LogP) is 4.29. The van der Waals surface area contributed by atoms with Crippen LogP contribution in [0.5, 0.6) is 5.75 Å². The van der Waals surface area contributed by atoms with Gasteiger partial charge in [0.1, 0.15) is 12.3 Å². The van der Waals surface area contributed by atoms with Gasteiger partial charge in [-0.25, -0.2) is 0 Å². The van der Waals surface area contributed by atoms with Crippen molar-refractivity contribution in [1.29, 1.82) is 0 Å². The Hall–Kier alpha value is -3.38. The number of nitrogens with zero attached hydrogens (tertiary/aromatic N) is 4. The van der Waals surface area contributed by atoms with Gasteiger partial charge in [-0.05, 0) is 42.9 Å². The molecule has 0 N–H and O–H groups in total. The lowest BCUT2D eigenvalue weighted by atomic mass is 9.94. The number of allylic oxidation sites excluding steroid dienone is 2. The fraction of sp³-hybridized carbons (Fsp3) is 0.357. The van der Waals surface area contributed by atoms with Gasteiger partial charge in [-0.1, -0.05) is 60.7 Å². The lowest BCUT2D eigenvalue weighted by Crippen LogP contribution is -2.48. The van der Waals surface area contributed by atoms with Gasteiger partial charge in [0.05, 0.1) is 11.9 Å². The molecule has 1 aliphatic heterocycles. The SMILES string of the molecule is O=c1c(OCc2ccccc2)c(N2CCN(CC3CC=CCC3)CC2)cnn1-c1ccccc1. The number of ether oxygens (including phenoxy) is 1. The molecule has 34 heavy (non-hydrogen) atoms. The summed E-state index contributed by atoms with van der Waals surface area (Å²) in [7, 11) is 0. The van der Waals surface area contributed by atoms with E-state index in [1.54, 1.807) is 6.20 Å². The van der Waals surface area contributed by atoms with Crippen molar-refractivity contribution in [1.82, 2.24) is 14.7 Å². The van der Waals surface area contributed by atoms with Gasteiger partial charge in [-0.3, -0.25) is 9.69 Å². The molecule has 5 rings (SSSR count). The van der Waals surface area contributed by atoms with E-state index in [-0.39, 0.29) is 5.56 Å². The normalized spacial score (nSPS) is 18.7. The van der Waals surface area contributed by atoms with E-state index in [0.717, 1.165) is 55.6 Å². The highest BCUT2D eigenvalue weighted by molar-refractivity contribution is 5.57. The van der Waals surface area contributed by atoms with Crippen molar-refractivity contribution < 1.29 is 4.74 Å². The Labute approximate surface area is 201 Å². The Bertz CT molecular complexity index is 1150. The zero-order valence-corrected chi connectivity index (χ0v) is 19.6. The van der Waals surface area contributed by atoms with Crippen molar-refractivity contribution in [3.8, 4) is 11.4 Å². The summed E-state index contributed by atoms with van der Waals surface area (Å²) in [6, 6.07) is 19.5. The zero-order chi connectivity index (χ0) is 23.2. The van der Waals surface area contributed by atoms with Crippen LogP contribution in [0.2, 0.25) is 0 Å². The minimum Gasteiger partial charge on any atom is -0.481 e. The van der Waals surface area contributed by atoms with Crippen LogP contribution in [0.4, 0.5) is 5.69 Å². The molecular formula is C28H32N4O2. The maximum Gasteiger partial charge on any atom is 0.316 e. The highest BCUT2D eigenvalue weighted by atomic mass is 16.5. The minimum atomic E-state index is -0.226. The van der Waals surface area contributed by atoms with E-state index in [9.17, 15) is 4.79 Å². The summed E-state index contributed by atoms with van der Waals surface area (Å²) < 4.78 is 7.61. The summed E-state index contributed by atoms with van der Waals surface area (Å²) in [4.78, 5) is 18.3. The average molecular weight is 457 g/mol.